The number of benzene rings is 1. The van der Waals surface area contributed by atoms with Crippen LogP contribution >= 0.6 is 18.9 Å². The molecule has 2 heterocycles. The van der Waals surface area contributed by atoms with Gasteiger partial charge in [0.05, 0.1) is 34.0 Å². The van der Waals surface area contributed by atoms with Gasteiger partial charge in [-0.2, -0.15) is 0 Å². The Morgan fingerprint density at radius 3 is 2.62 bits per heavy atom. The van der Waals surface area contributed by atoms with Crippen molar-refractivity contribution in [3.8, 4) is 0 Å². The summed E-state index contributed by atoms with van der Waals surface area (Å²) in [7, 11) is -1.44. The van der Waals surface area contributed by atoms with Crippen molar-refractivity contribution >= 4 is 40.7 Å². The molecule has 11 heteroatoms. The molecule has 2 N–H and O–H groups in total. The zero-order valence-electron chi connectivity index (χ0n) is 18.5. The number of amides is 1. The van der Waals surface area contributed by atoms with E-state index in [1.165, 1.54) is 11.3 Å². The minimum absolute atomic E-state index is 0.163. The zero-order chi connectivity index (χ0) is 23.3. The van der Waals surface area contributed by atoms with Gasteiger partial charge < -0.3 is 24.2 Å². The maximum absolute atomic E-state index is 12.5. The van der Waals surface area contributed by atoms with E-state index in [0.29, 0.717) is 28.1 Å². The highest BCUT2D eigenvalue weighted by atomic mass is 32.1. The topological polar surface area (TPSA) is 114 Å². The molecular weight excluding hydrogens is 451 g/mol. The summed E-state index contributed by atoms with van der Waals surface area (Å²) in [5.41, 5.74) is 1.44. The molecule has 0 atom stereocenters. The quantitative estimate of drug-likeness (QED) is 0.425. The lowest BCUT2D eigenvalue weighted by atomic mass is 10.1. The Kier molecular flexibility index (Phi) is 7.84. The van der Waals surface area contributed by atoms with Gasteiger partial charge in [-0.05, 0) is 50.6 Å². The van der Waals surface area contributed by atoms with E-state index in [0.717, 1.165) is 10.6 Å². The molecule has 1 aromatic carbocycles. The summed E-state index contributed by atoms with van der Waals surface area (Å²) >= 11 is 1.32. The maximum Gasteiger partial charge on any atom is 0.349 e. The molecule has 0 aliphatic rings. The van der Waals surface area contributed by atoms with Gasteiger partial charge in [-0.3, -0.25) is 14.2 Å². The van der Waals surface area contributed by atoms with E-state index in [1.54, 1.807) is 26.8 Å². The lowest BCUT2D eigenvalue weighted by molar-refractivity contribution is 0.0958. The number of fused-ring (bicyclic) bond motifs is 1. The van der Waals surface area contributed by atoms with Gasteiger partial charge in [-0.25, -0.2) is 4.98 Å². The molecule has 3 aromatic rings. The van der Waals surface area contributed by atoms with E-state index in [-0.39, 0.29) is 31.0 Å². The Hall–Kier alpha value is -2.52. The van der Waals surface area contributed by atoms with Gasteiger partial charge in [0.25, 0.3) is 11.5 Å². The fourth-order valence-electron chi connectivity index (χ4n) is 3.19. The number of H-pyrrole nitrogens is 1. The summed E-state index contributed by atoms with van der Waals surface area (Å²) in [6.45, 7) is 6.21. The highest BCUT2D eigenvalue weighted by Crippen LogP contribution is 2.46. The van der Waals surface area contributed by atoms with E-state index < -0.39 is 7.60 Å². The Labute approximate surface area is 190 Å². The van der Waals surface area contributed by atoms with E-state index >= 15 is 0 Å². The van der Waals surface area contributed by atoms with Crippen LogP contribution in [-0.4, -0.2) is 42.4 Å². The Morgan fingerprint density at radius 2 is 1.94 bits per heavy atom. The summed E-state index contributed by atoms with van der Waals surface area (Å²) in [4.78, 5) is 34.3. The van der Waals surface area contributed by atoms with Gasteiger partial charge in [-0.15, -0.1) is 11.3 Å². The Morgan fingerprint density at radius 1 is 1.22 bits per heavy atom. The van der Waals surface area contributed by atoms with E-state index in [9.17, 15) is 14.2 Å². The van der Waals surface area contributed by atoms with Crippen LogP contribution in [-0.2, 0) is 20.2 Å². The van der Waals surface area contributed by atoms with E-state index in [2.05, 4.69) is 15.3 Å². The third-order valence-electron chi connectivity index (χ3n) is 4.58. The van der Waals surface area contributed by atoms with Crippen LogP contribution in [0.5, 0.6) is 0 Å². The van der Waals surface area contributed by atoms with Crippen LogP contribution in [0.4, 0.5) is 5.00 Å². The van der Waals surface area contributed by atoms with Gasteiger partial charge in [-0.1, -0.05) is 6.07 Å². The number of aromatic amines is 1. The SMILES string of the molecule is CCOP(=O)(CNC(=O)c1ccc(N(C)Cc2ccc3nc(C)[nH]c(=O)c3c2)s1)OCC. The van der Waals surface area contributed by atoms with Crippen LogP contribution in [0.3, 0.4) is 0 Å². The van der Waals surface area contributed by atoms with Crippen molar-refractivity contribution in [2.75, 3.05) is 31.4 Å². The average molecular weight is 479 g/mol. The molecule has 9 nitrogen and oxygen atoms in total. The maximum atomic E-state index is 12.5. The fraction of sp³-hybridized carbons (Fsp3) is 0.381. The number of nitrogens with zero attached hydrogens (tertiary/aromatic N) is 2. The molecule has 0 spiro atoms. The normalized spacial score (nSPS) is 11.6. The summed E-state index contributed by atoms with van der Waals surface area (Å²) in [5.74, 6) is 0.239. The molecule has 0 aliphatic carbocycles. The van der Waals surface area contributed by atoms with Crippen LogP contribution < -0.4 is 15.8 Å². The second-order valence-electron chi connectivity index (χ2n) is 7.11. The monoisotopic (exact) mass is 478 g/mol. The lowest BCUT2D eigenvalue weighted by Gasteiger charge is -2.18. The molecule has 2 aromatic heterocycles. The van der Waals surface area contributed by atoms with Crippen LogP contribution in [0, 0.1) is 6.92 Å². The predicted molar refractivity (Wildman–Crippen MR) is 127 cm³/mol. The molecule has 0 unspecified atom stereocenters. The van der Waals surface area contributed by atoms with E-state index in [1.807, 2.05) is 36.2 Å². The first-order valence-corrected chi connectivity index (χ1v) is 12.8. The number of aryl methyl sites for hydroxylation is 1. The van der Waals surface area contributed by atoms with Crippen LogP contribution in [0.25, 0.3) is 10.9 Å². The highest BCUT2D eigenvalue weighted by Gasteiger charge is 2.25. The number of anilines is 1. The molecule has 0 aliphatic heterocycles. The molecular formula is C21H27N4O5PS. The summed E-state index contributed by atoms with van der Waals surface area (Å²) in [6.07, 6.45) is -0.185. The number of thiophene rings is 1. The summed E-state index contributed by atoms with van der Waals surface area (Å²) in [6, 6.07) is 9.17. The number of hydrogen-bond acceptors (Lipinski definition) is 8. The van der Waals surface area contributed by atoms with Crippen molar-refractivity contribution in [2.24, 2.45) is 0 Å². The largest absolute Gasteiger partial charge is 0.362 e. The molecule has 0 fully saturated rings. The van der Waals surface area contributed by atoms with Gasteiger partial charge in [0.15, 0.2) is 0 Å². The van der Waals surface area contributed by atoms with E-state index in [4.69, 9.17) is 9.05 Å². The first kappa shape index (κ1) is 24.1. The minimum atomic E-state index is -3.35. The number of carbonyl (C=O) groups excluding carboxylic acids is 1. The van der Waals surface area contributed by atoms with Gasteiger partial charge in [0, 0.05) is 13.6 Å². The molecule has 1 amide bonds. The number of nitrogens with one attached hydrogen (secondary N) is 2. The first-order chi connectivity index (χ1) is 15.2. The third-order valence-corrected chi connectivity index (χ3v) is 7.63. The number of carbonyl (C=O) groups is 1. The number of aromatic nitrogens is 2. The molecule has 172 valence electrons. The standard InChI is InChI=1S/C21H27N4O5PS/c1-5-29-31(28,30-6-2)13-22-21(27)18-9-10-19(32-18)25(4)12-15-7-8-17-16(11-15)20(26)24-14(3)23-17/h7-11H,5-6,12-13H2,1-4H3,(H,22,27)(H,23,24,26). The number of rotatable bonds is 10. The van der Waals surface area contributed by atoms with Crippen molar-refractivity contribution in [2.45, 2.75) is 27.3 Å². The second-order valence-corrected chi connectivity index (χ2v) is 10.2. The minimum Gasteiger partial charge on any atom is -0.362 e. The smallest absolute Gasteiger partial charge is 0.349 e. The second kappa shape index (κ2) is 10.4. The molecule has 0 saturated carbocycles. The van der Waals surface area contributed by atoms with Crippen molar-refractivity contribution < 1.29 is 18.4 Å². The summed E-state index contributed by atoms with van der Waals surface area (Å²) in [5, 5.41) is 4.06. The third kappa shape index (κ3) is 5.83. The Balaban J connectivity index is 1.67. The molecule has 32 heavy (non-hydrogen) atoms. The molecule has 0 bridgehead atoms. The zero-order valence-corrected chi connectivity index (χ0v) is 20.2. The number of hydrogen-bond donors (Lipinski definition) is 2. The molecule has 0 saturated heterocycles. The van der Waals surface area contributed by atoms with Crippen LogP contribution in [0.2, 0.25) is 0 Å². The van der Waals surface area contributed by atoms with Crippen molar-refractivity contribution in [3.63, 3.8) is 0 Å². The van der Waals surface area contributed by atoms with Gasteiger partial charge in [0.2, 0.25) is 0 Å². The first-order valence-electron chi connectivity index (χ1n) is 10.2. The van der Waals surface area contributed by atoms with Crippen molar-refractivity contribution in [1.82, 2.24) is 15.3 Å². The predicted octanol–water partition coefficient (Wildman–Crippen LogP) is 3.88. The lowest BCUT2D eigenvalue weighted by Crippen LogP contribution is -2.25. The van der Waals surface area contributed by atoms with Gasteiger partial charge in [0.1, 0.15) is 12.1 Å². The van der Waals surface area contributed by atoms with Gasteiger partial charge >= 0.3 is 7.60 Å². The van der Waals surface area contributed by atoms with Crippen molar-refractivity contribution in [3.05, 3.63) is 57.0 Å². The molecule has 0 radical (unpaired) electrons. The van der Waals surface area contributed by atoms with Crippen molar-refractivity contribution in [1.29, 1.82) is 0 Å². The molecule has 3 rings (SSSR count). The highest BCUT2D eigenvalue weighted by molar-refractivity contribution is 7.53. The Bertz CT molecular complexity index is 1200. The van der Waals surface area contributed by atoms with Crippen LogP contribution in [0.1, 0.15) is 34.9 Å². The average Bonchev–Trinajstić information content (AvgIpc) is 3.23. The summed E-state index contributed by atoms with van der Waals surface area (Å²) < 4.78 is 22.9. The van der Waals surface area contributed by atoms with Crippen LogP contribution in [0.15, 0.2) is 35.1 Å². The fourth-order valence-corrected chi connectivity index (χ4v) is 5.45.